The van der Waals surface area contributed by atoms with Gasteiger partial charge in [0, 0.05) is 50.5 Å². The zero-order valence-electron chi connectivity index (χ0n) is 20.7. The quantitative estimate of drug-likeness (QED) is 0.270. The van der Waals surface area contributed by atoms with Gasteiger partial charge in [-0.15, -0.1) is 0 Å². The highest BCUT2D eigenvalue weighted by Crippen LogP contribution is 2.26. The van der Waals surface area contributed by atoms with Crippen LogP contribution in [0.1, 0.15) is 17.4 Å². The number of non-ortho nitro benzene ring substituents is 1. The van der Waals surface area contributed by atoms with E-state index in [4.69, 9.17) is 9.15 Å². The molecule has 2 aromatic carbocycles. The third-order valence-electron chi connectivity index (χ3n) is 6.41. The Morgan fingerprint density at radius 3 is 2.43 bits per heavy atom. The molecule has 1 fully saturated rings. The van der Waals surface area contributed by atoms with Crippen molar-refractivity contribution in [1.29, 1.82) is 0 Å². The summed E-state index contributed by atoms with van der Waals surface area (Å²) in [6.45, 7) is 4.87. The molecule has 0 saturated carbocycles. The number of anilines is 2. The normalized spacial score (nSPS) is 14.6. The van der Waals surface area contributed by atoms with Crippen molar-refractivity contribution in [1.82, 2.24) is 10.2 Å². The van der Waals surface area contributed by atoms with Crippen LogP contribution < -0.4 is 20.3 Å². The highest BCUT2D eigenvalue weighted by atomic mass is 16.6. The maximum absolute atomic E-state index is 12.6. The number of piperazine rings is 1. The first-order valence-electron chi connectivity index (χ1n) is 11.9. The van der Waals surface area contributed by atoms with Crippen molar-refractivity contribution in [2.75, 3.05) is 50.1 Å². The number of amides is 2. The van der Waals surface area contributed by atoms with Crippen molar-refractivity contribution in [3.05, 3.63) is 82.3 Å². The molecular weight excluding hydrogens is 478 g/mol. The predicted molar refractivity (Wildman–Crippen MR) is 138 cm³/mol. The molecule has 2 N–H and O–H groups in total. The average molecular weight is 508 g/mol. The number of nitro groups is 1. The highest BCUT2D eigenvalue weighted by Gasteiger charge is 2.28. The molecule has 2 heterocycles. The number of nitro benzene ring substituents is 1. The Morgan fingerprint density at radius 2 is 1.81 bits per heavy atom. The summed E-state index contributed by atoms with van der Waals surface area (Å²) < 4.78 is 10.9. The first-order valence-corrected chi connectivity index (χ1v) is 11.9. The lowest BCUT2D eigenvalue weighted by molar-refractivity contribution is -0.384. The van der Waals surface area contributed by atoms with Gasteiger partial charge in [0.1, 0.15) is 11.5 Å². The van der Waals surface area contributed by atoms with Gasteiger partial charge in [0.25, 0.3) is 5.69 Å². The number of carbonyl (C=O) groups is 2. The van der Waals surface area contributed by atoms with Crippen molar-refractivity contribution < 1.29 is 23.7 Å². The van der Waals surface area contributed by atoms with Crippen molar-refractivity contribution in [3.63, 3.8) is 0 Å². The molecule has 1 aliphatic rings. The van der Waals surface area contributed by atoms with Crippen LogP contribution in [0.15, 0.2) is 65.3 Å². The Hall–Kier alpha value is -4.38. The van der Waals surface area contributed by atoms with Crippen LogP contribution in [0, 0.1) is 17.0 Å². The van der Waals surface area contributed by atoms with Crippen LogP contribution in [-0.2, 0) is 9.59 Å². The zero-order valence-corrected chi connectivity index (χ0v) is 20.7. The summed E-state index contributed by atoms with van der Waals surface area (Å²) in [6.07, 6.45) is 1.58. The van der Waals surface area contributed by atoms with E-state index in [0.717, 1.165) is 37.6 Å². The summed E-state index contributed by atoms with van der Waals surface area (Å²) >= 11 is 0. The van der Waals surface area contributed by atoms with Crippen LogP contribution in [0.25, 0.3) is 0 Å². The number of rotatable bonds is 8. The summed E-state index contributed by atoms with van der Waals surface area (Å²) in [5, 5.41) is 16.2. The van der Waals surface area contributed by atoms with Crippen LogP contribution in [0.3, 0.4) is 0 Å². The van der Waals surface area contributed by atoms with Crippen LogP contribution in [-0.4, -0.2) is 61.5 Å². The molecule has 1 aromatic heterocycles. The molecule has 11 nitrogen and oxygen atoms in total. The molecule has 1 unspecified atom stereocenters. The Labute approximate surface area is 214 Å². The Morgan fingerprint density at radius 1 is 1.08 bits per heavy atom. The number of hydrogen-bond acceptors (Lipinski definition) is 8. The number of nitrogens with zero attached hydrogens (tertiary/aromatic N) is 3. The van der Waals surface area contributed by atoms with Gasteiger partial charge < -0.3 is 24.7 Å². The fourth-order valence-electron chi connectivity index (χ4n) is 4.28. The van der Waals surface area contributed by atoms with Crippen LogP contribution in [0.5, 0.6) is 5.75 Å². The Balaban J connectivity index is 1.37. The second-order valence-electron chi connectivity index (χ2n) is 8.67. The SMILES string of the molecule is COc1ccc(N2CCN(C(CNC(=O)C(=O)Nc3cc([N+](=O)[O-])ccc3C)c3ccco3)CC2)cc1. The van der Waals surface area contributed by atoms with E-state index in [1.54, 1.807) is 26.4 Å². The lowest BCUT2D eigenvalue weighted by Crippen LogP contribution is -2.50. The molecule has 3 aromatic rings. The van der Waals surface area contributed by atoms with Crippen molar-refractivity contribution in [2.45, 2.75) is 13.0 Å². The first-order chi connectivity index (χ1) is 17.9. The minimum absolute atomic E-state index is 0.163. The molecule has 194 valence electrons. The molecule has 2 amide bonds. The molecule has 11 heteroatoms. The number of aryl methyl sites for hydroxylation is 1. The number of nitrogens with one attached hydrogen (secondary N) is 2. The second-order valence-corrected chi connectivity index (χ2v) is 8.67. The van der Waals surface area contributed by atoms with E-state index >= 15 is 0 Å². The smallest absolute Gasteiger partial charge is 0.313 e. The lowest BCUT2D eigenvalue weighted by atomic mass is 10.1. The third-order valence-corrected chi connectivity index (χ3v) is 6.41. The predicted octanol–water partition coefficient (Wildman–Crippen LogP) is 3.12. The maximum atomic E-state index is 12.6. The highest BCUT2D eigenvalue weighted by molar-refractivity contribution is 6.39. The summed E-state index contributed by atoms with van der Waals surface area (Å²) in [5.74, 6) is -0.237. The van der Waals surface area contributed by atoms with Crippen LogP contribution in [0.4, 0.5) is 17.1 Å². The summed E-state index contributed by atoms with van der Waals surface area (Å²) in [7, 11) is 1.64. The number of carbonyl (C=O) groups excluding carboxylic acids is 2. The van der Waals surface area contributed by atoms with E-state index in [0.29, 0.717) is 11.3 Å². The third kappa shape index (κ3) is 6.25. The molecule has 0 radical (unpaired) electrons. The molecule has 4 rings (SSSR count). The van der Waals surface area contributed by atoms with Gasteiger partial charge in [-0.25, -0.2) is 0 Å². The Bertz CT molecular complexity index is 1240. The van der Waals surface area contributed by atoms with Gasteiger partial charge >= 0.3 is 11.8 Å². The van der Waals surface area contributed by atoms with Crippen molar-refractivity contribution in [3.8, 4) is 5.75 Å². The van der Waals surface area contributed by atoms with Gasteiger partial charge in [0.05, 0.1) is 30.0 Å². The minimum Gasteiger partial charge on any atom is -0.497 e. The average Bonchev–Trinajstić information content (AvgIpc) is 3.45. The molecule has 1 saturated heterocycles. The molecular formula is C26H29N5O6. The van der Waals surface area contributed by atoms with E-state index in [1.165, 1.54) is 18.2 Å². The van der Waals surface area contributed by atoms with Gasteiger partial charge in [-0.05, 0) is 48.9 Å². The monoisotopic (exact) mass is 507 g/mol. The summed E-state index contributed by atoms with van der Waals surface area (Å²) in [4.78, 5) is 40.1. The zero-order chi connectivity index (χ0) is 26.4. The second kappa shape index (κ2) is 11.6. The molecule has 0 bridgehead atoms. The number of furan rings is 1. The van der Waals surface area contributed by atoms with Gasteiger partial charge in [-0.1, -0.05) is 6.07 Å². The van der Waals surface area contributed by atoms with E-state index in [9.17, 15) is 19.7 Å². The number of methoxy groups -OCH3 is 1. The number of hydrogen-bond donors (Lipinski definition) is 2. The topological polar surface area (TPSA) is 130 Å². The molecule has 37 heavy (non-hydrogen) atoms. The van der Waals surface area contributed by atoms with Crippen molar-refractivity contribution in [2.24, 2.45) is 0 Å². The van der Waals surface area contributed by atoms with Gasteiger partial charge in [-0.2, -0.15) is 0 Å². The van der Waals surface area contributed by atoms with E-state index in [1.807, 2.05) is 30.3 Å². The van der Waals surface area contributed by atoms with Crippen molar-refractivity contribution >= 4 is 28.9 Å². The largest absolute Gasteiger partial charge is 0.497 e. The number of ether oxygens (including phenoxy) is 1. The van der Waals surface area contributed by atoms with E-state index in [-0.39, 0.29) is 24.0 Å². The fraction of sp³-hybridized carbons (Fsp3) is 0.308. The van der Waals surface area contributed by atoms with Crippen LogP contribution in [0.2, 0.25) is 0 Å². The molecule has 1 aliphatic heterocycles. The summed E-state index contributed by atoms with van der Waals surface area (Å²) in [5.41, 5.74) is 1.76. The maximum Gasteiger partial charge on any atom is 0.313 e. The van der Waals surface area contributed by atoms with Gasteiger partial charge in [0.2, 0.25) is 0 Å². The Kier molecular flexibility index (Phi) is 8.04. The van der Waals surface area contributed by atoms with Gasteiger partial charge in [0.15, 0.2) is 0 Å². The van der Waals surface area contributed by atoms with Gasteiger partial charge in [-0.3, -0.25) is 24.6 Å². The summed E-state index contributed by atoms with van der Waals surface area (Å²) in [6, 6.07) is 15.4. The molecule has 0 spiro atoms. The van der Waals surface area contributed by atoms with Crippen LogP contribution >= 0.6 is 0 Å². The number of benzene rings is 2. The first kappa shape index (κ1) is 25.7. The van der Waals surface area contributed by atoms with E-state index in [2.05, 4.69) is 20.4 Å². The fourth-order valence-corrected chi connectivity index (χ4v) is 4.28. The lowest BCUT2D eigenvalue weighted by Gasteiger charge is -2.39. The molecule has 0 aliphatic carbocycles. The standard InChI is InChI=1S/C26H29N5O6/c1-18-5-6-20(31(34)35)16-22(18)28-26(33)25(32)27-17-23(24-4-3-15-37-24)30-13-11-29(12-14-30)19-7-9-21(36-2)10-8-19/h3-10,15-16,23H,11-14,17H2,1-2H3,(H,27,32)(H,28,33). The molecule has 1 atom stereocenters. The minimum atomic E-state index is -0.897. The van der Waals surface area contributed by atoms with E-state index < -0.39 is 16.7 Å².